The summed E-state index contributed by atoms with van der Waals surface area (Å²) in [6, 6.07) is 12.2. The Kier molecular flexibility index (Phi) is 4.82. The van der Waals surface area contributed by atoms with Crippen LogP contribution in [0.15, 0.2) is 50.7 Å². The zero-order chi connectivity index (χ0) is 16.4. The number of anilines is 1. The van der Waals surface area contributed by atoms with Crippen molar-refractivity contribution in [1.29, 1.82) is 0 Å². The van der Waals surface area contributed by atoms with Gasteiger partial charge in [0.15, 0.2) is 0 Å². The van der Waals surface area contributed by atoms with Crippen molar-refractivity contribution < 1.29 is 9.90 Å². The van der Waals surface area contributed by atoms with Gasteiger partial charge in [-0.2, -0.15) is 0 Å². The van der Waals surface area contributed by atoms with E-state index in [-0.39, 0.29) is 0 Å². The molecule has 0 bridgehead atoms. The molecule has 1 amide bonds. The van der Waals surface area contributed by atoms with Gasteiger partial charge in [-0.15, -0.1) is 0 Å². The summed E-state index contributed by atoms with van der Waals surface area (Å²) in [4.78, 5) is 14.8. The van der Waals surface area contributed by atoms with Crippen LogP contribution in [0.5, 0.6) is 0 Å². The molecule has 120 valence electrons. The molecule has 0 atom stereocenters. The molecule has 3 N–H and O–H groups in total. The fourth-order valence-electron chi connectivity index (χ4n) is 2.68. The molecule has 4 nitrogen and oxygen atoms in total. The Bertz CT molecular complexity index is 734. The molecular weight excluding hydrogens is 376 g/mol. The van der Waals surface area contributed by atoms with Crippen molar-refractivity contribution >= 4 is 39.5 Å². The van der Waals surface area contributed by atoms with Crippen LogP contribution in [0, 0.1) is 0 Å². The molecule has 1 heterocycles. The molecule has 2 aromatic rings. The van der Waals surface area contributed by atoms with Crippen LogP contribution in [-0.2, 0) is 12.8 Å². The third-order valence-electron chi connectivity index (χ3n) is 3.95. The summed E-state index contributed by atoms with van der Waals surface area (Å²) in [5.74, 6) is 0. The van der Waals surface area contributed by atoms with Gasteiger partial charge in [0.05, 0.1) is 0 Å². The van der Waals surface area contributed by atoms with E-state index in [9.17, 15) is 4.79 Å². The first-order valence-electron chi connectivity index (χ1n) is 7.35. The number of benzene rings is 2. The average Bonchev–Trinajstić information content (AvgIpc) is 2.72. The van der Waals surface area contributed by atoms with Crippen LogP contribution >= 0.6 is 27.7 Å². The van der Waals surface area contributed by atoms with Crippen molar-refractivity contribution in [3.8, 4) is 0 Å². The van der Waals surface area contributed by atoms with Crippen molar-refractivity contribution in [2.45, 2.75) is 22.6 Å². The van der Waals surface area contributed by atoms with Crippen molar-refractivity contribution in [3.63, 3.8) is 0 Å². The maximum Gasteiger partial charge on any atom is 0.407 e. The lowest BCUT2D eigenvalue weighted by Gasteiger charge is -2.14. The minimum Gasteiger partial charge on any atom is -0.465 e. The van der Waals surface area contributed by atoms with Gasteiger partial charge in [-0.05, 0) is 60.4 Å². The maximum absolute atomic E-state index is 11.2. The molecule has 0 saturated carbocycles. The quantitative estimate of drug-likeness (QED) is 0.749. The van der Waals surface area contributed by atoms with Gasteiger partial charge in [0.25, 0.3) is 0 Å². The minimum absolute atomic E-state index is 0.529. The predicted molar refractivity (Wildman–Crippen MR) is 96.1 cm³/mol. The highest BCUT2D eigenvalue weighted by Gasteiger charge is 2.19. The SMILES string of the molecule is Nc1cc2c(cc1Sc1ccc(Br)cc1)CCN(C(=O)O)CC2. The first-order chi connectivity index (χ1) is 11.0. The molecule has 23 heavy (non-hydrogen) atoms. The first-order valence-corrected chi connectivity index (χ1v) is 8.96. The summed E-state index contributed by atoms with van der Waals surface area (Å²) in [6.45, 7) is 1.07. The molecule has 0 fully saturated rings. The Hall–Kier alpha value is -1.66. The molecular formula is C17H17BrN2O2S. The predicted octanol–water partition coefficient (Wildman–Crippen LogP) is 4.26. The second-order valence-corrected chi connectivity index (χ2v) is 7.52. The van der Waals surface area contributed by atoms with Crippen molar-refractivity contribution in [2.24, 2.45) is 0 Å². The molecule has 3 rings (SSSR count). The number of hydrogen-bond donors (Lipinski definition) is 2. The Morgan fingerprint density at radius 3 is 2.35 bits per heavy atom. The fraction of sp³-hybridized carbons (Fsp3) is 0.235. The van der Waals surface area contributed by atoms with E-state index in [1.54, 1.807) is 11.8 Å². The Labute approximate surface area is 147 Å². The maximum atomic E-state index is 11.2. The number of halogens is 1. The topological polar surface area (TPSA) is 66.6 Å². The van der Waals surface area contributed by atoms with Crippen LogP contribution in [-0.4, -0.2) is 29.2 Å². The Morgan fingerprint density at radius 1 is 1.13 bits per heavy atom. The van der Waals surface area contributed by atoms with Gasteiger partial charge in [-0.3, -0.25) is 0 Å². The number of nitrogens with two attached hydrogens (primary N) is 1. The lowest BCUT2D eigenvalue weighted by Crippen LogP contribution is -2.31. The second kappa shape index (κ2) is 6.84. The van der Waals surface area contributed by atoms with Gasteiger partial charge in [0.2, 0.25) is 0 Å². The summed E-state index contributed by atoms with van der Waals surface area (Å²) >= 11 is 5.07. The molecule has 0 aromatic heterocycles. The summed E-state index contributed by atoms with van der Waals surface area (Å²) in [5, 5.41) is 9.16. The van der Waals surface area contributed by atoms with E-state index in [1.165, 1.54) is 10.5 Å². The zero-order valence-corrected chi connectivity index (χ0v) is 14.9. The van der Waals surface area contributed by atoms with E-state index in [2.05, 4.69) is 22.0 Å². The molecule has 2 aromatic carbocycles. The summed E-state index contributed by atoms with van der Waals surface area (Å²) < 4.78 is 1.05. The van der Waals surface area contributed by atoms with Gasteiger partial charge in [0.1, 0.15) is 0 Å². The van der Waals surface area contributed by atoms with Crippen LogP contribution < -0.4 is 5.73 Å². The van der Waals surface area contributed by atoms with E-state index in [0.717, 1.165) is 38.4 Å². The van der Waals surface area contributed by atoms with Gasteiger partial charge in [0, 0.05) is 33.0 Å². The number of nitrogen functional groups attached to an aromatic ring is 1. The fourth-order valence-corrected chi connectivity index (χ4v) is 3.85. The third kappa shape index (κ3) is 3.82. The monoisotopic (exact) mass is 392 g/mol. The summed E-state index contributed by atoms with van der Waals surface area (Å²) in [5.41, 5.74) is 9.31. The van der Waals surface area contributed by atoms with Crippen LogP contribution in [0.4, 0.5) is 10.5 Å². The molecule has 0 spiro atoms. The molecule has 1 aliphatic heterocycles. The van der Waals surface area contributed by atoms with Crippen molar-refractivity contribution in [1.82, 2.24) is 4.90 Å². The number of hydrogen-bond acceptors (Lipinski definition) is 3. The lowest BCUT2D eigenvalue weighted by atomic mass is 10.0. The number of fused-ring (bicyclic) bond motifs is 1. The molecule has 1 aliphatic rings. The molecule has 0 radical (unpaired) electrons. The molecule has 6 heteroatoms. The van der Waals surface area contributed by atoms with E-state index in [0.29, 0.717) is 13.1 Å². The largest absolute Gasteiger partial charge is 0.465 e. The van der Waals surface area contributed by atoms with Crippen LogP contribution in [0.1, 0.15) is 11.1 Å². The molecule has 0 unspecified atom stereocenters. The molecule has 0 saturated heterocycles. The molecule has 0 aliphatic carbocycles. The first kappa shape index (κ1) is 16.2. The highest BCUT2D eigenvalue weighted by Crippen LogP contribution is 2.35. The van der Waals surface area contributed by atoms with E-state index >= 15 is 0 Å². The van der Waals surface area contributed by atoms with E-state index in [4.69, 9.17) is 10.8 Å². The smallest absolute Gasteiger partial charge is 0.407 e. The number of nitrogens with zero attached hydrogens (tertiary/aromatic N) is 1. The average molecular weight is 393 g/mol. The van der Waals surface area contributed by atoms with Crippen LogP contribution in [0.2, 0.25) is 0 Å². The number of rotatable bonds is 2. The zero-order valence-electron chi connectivity index (χ0n) is 12.5. The highest BCUT2D eigenvalue weighted by molar-refractivity contribution is 9.10. The third-order valence-corrected chi connectivity index (χ3v) is 5.56. The normalized spacial score (nSPS) is 14.2. The highest BCUT2D eigenvalue weighted by atomic mass is 79.9. The van der Waals surface area contributed by atoms with Crippen LogP contribution in [0.25, 0.3) is 0 Å². The van der Waals surface area contributed by atoms with Gasteiger partial charge >= 0.3 is 6.09 Å². The Morgan fingerprint density at radius 2 is 1.74 bits per heavy atom. The lowest BCUT2D eigenvalue weighted by molar-refractivity contribution is 0.147. The van der Waals surface area contributed by atoms with Crippen molar-refractivity contribution in [3.05, 3.63) is 52.0 Å². The summed E-state index contributed by atoms with van der Waals surface area (Å²) in [7, 11) is 0. The number of carbonyl (C=O) groups is 1. The van der Waals surface area contributed by atoms with Crippen molar-refractivity contribution in [2.75, 3.05) is 18.8 Å². The van der Waals surface area contributed by atoms with E-state index < -0.39 is 6.09 Å². The Balaban J connectivity index is 1.84. The van der Waals surface area contributed by atoms with E-state index in [1.807, 2.05) is 30.3 Å². The standard InChI is InChI=1S/C17H17BrN2O2S/c18-13-1-3-14(4-2-13)23-16-10-12-6-8-20(17(21)22)7-5-11(12)9-15(16)19/h1-4,9-10H,5-8,19H2,(H,21,22). The van der Waals surface area contributed by atoms with Gasteiger partial charge < -0.3 is 15.7 Å². The summed E-state index contributed by atoms with van der Waals surface area (Å²) in [6.07, 6.45) is 0.598. The van der Waals surface area contributed by atoms with Gasteiger partial charge in [-0.25, -0.2) is 4.79 Å². The number of carboxylic acid groups (broad SMARTS) is 1. The van der Waals surface area contributed by atoms with Gasteiger partial charge in [-0.1, -0.05) is 27.7 Å². The number of amides is 1. The minimum atomic E-state index is -0.852. The second-order valence-electron chi connectivity index (χ2n) is 5.48. The van der Waals surface area contributed by atoms with Crippen LogP contribution in [0.3, 0.4) is 0 Å².